The van der Waals surface area contributed by atoms with Crippen molar-refractivity contribution in [3.8, 4) is 0 Å². The van der Waals surface area contributed by atoms with Crippen molar-refractivity contribution in [3.05, 3.63) is 41.5 Å². The molecule has 18 heavy (non-hydrogen) atoms. The van der Waals surface area contributed by atoms with Gasteiger partial charge in [-0.2, -0.15) is 0 Å². The molecule has 4 nitrogen and oxygen atoms in total. The topological polar surface area (TPSA) is 56.7 Å². The maximum atomic E-state index is 12.8. The molecule has 1 aromatic heterocycles. The second-order valence-electron chi connectivity index (χ2n) is 4.40. The first-order chi connectivity index (χ1) is 8.74. The van der Waals surface area contributed by atoms with E-state index < -0.39 is 0 Å². The Morgan fingerprint density at radius 3 is 2.67 bits per heavy atom. The first-order valence-electron chi connectivity index (χ1n) is 5.81. The Kier molecular flexibility index (Phi) is 2.95. The Morgan fingerprint density at radius 2 is 2.00 bits per heavy atom. The van der Waals surface area contributed by atoms with Gasteiger partial charge in [0.25, 0.3) is 0 Å². The lowest BCUT2D eigenvalue weighted by Crippen LogP contribution is -2.13. The molecule has 0 aliphatic heterocycles. The van der Waals surface area contributed by atoms with Gasteiger partial charge in [-0.15, -0.1) is 10.2 Å². The van der Waals surface area contributed by atoms with Gasteiger partial charge < -0.3 is 5.84 Å². The van der Waals surface area contributed by atoms with Gasteiger partial charge >= 0.3 is 0 Å². The summed E-state index contributed by atoms with van der Waals surface area (Å²) < 4.78 is 14.3. The van der Waals surface area contributed by atoms with Crippen LogP contribution < -0.4 is 5.84 Å². The van der Waals surface area contributed by atoms with E-state index in [0.717, 1.165) is 24.2 Å². The molecule has 1 heterocycles. The van der Waals surface area contributed by atoms with Gasteiger partial charge in [-0.3, -0.25) is 0 Å². The molecule has 1 saturated carbocycles. The number of thioether (sulfide) groups is 1. The molecular formula is C12H13FN4S. The number of rotatable bonds is 4. The van der Waals surface area contributed by atoms with E-state index in [4.69, 9.17) is 5.84 Å². The molecular weight excluding hydrogens is 251 g/mol. The van der Waals surface area contributed by atoms with E-state index in [-0.39, 0.29) is 5.82 Å². The number of nitrogens with zero attached hydrogens (tertiary/aromatic N) is 3. The van der Waals surface area contributed by atoms with E-state index in [1.807, 2.05) is 0 Å². The zero-order valence-corrected chi connectivity index (χ0v) is 10.5. The highest BCUT2D eigenvalue weighted by Crippen LogP contribution is 2.39. The molecule has 0 unspecified atom stereocenters. The normalized spacial score (nSPS) is 14.9. The van der Waals surface area contributed by atoms with Crippen molar-refractivity contribution in [1.82, 2.24) is 14.9 Å². The Balaban J connectivity index is 1.67. The van der Waals surface area contributed by atoms with Crippen molar-refractivity contribution < 1.29 is 4.39 Å². The molecule has 1 fully saturated rings. The number of nitrogens with two attached hydrogens (primary N) is 1. The molecule has 3 rings (SSSR count). The molecule has 1 aliphatic rings. The summed E-state index contributed by atoms with van der Waals surface area (Å²) in [5, 5.41) is 8.91. The first-order valence-corrected chi connectivity index (χ1v) is 6.80. The first kappa shape index (κ1) is 11.5. The minimum Gasteiger partial charge on any atom is -0.336 e. The van der Waals surface area contributed by atoms with Crippen molar-refractivity contribution in [2.45, 2.75) is 29.7 Å². The van der Waals surface area contributed by atoms with Crippen molar-refractivity contribution in [2.24, 2.45) is 0 Å². The molecule has 6 heteroatoms. The number of benzene rings is 1. The van der Waals surface area contributed by atoms with Crippen LogP contribution >= 0.6 is 11.8 Å². The maximum Gasteiger partial charge on any atom is 0.210 e. The van der Waals surface area contributed by atoms with E-state index in [0.29, 0.717) is 16.8 Å². The Labute approximate surface area is 108 Å². The van der Waals surface area contributed by atoms with Crippen LogP contribution in [0.25, 0.3) is 0 Å². The second-order valence-corrected chi connectivity index (χ2v) is 5.34. The van der Waals surface area contributed by atoms with Crippen LogP contribution in [0.5, 0.6) is 0 Å². The monoisotopic (exact) mass is 264 g/mol. The van der Waals surface area contributed by atoms with Gasteiger partial charge in [0.15, 0.2) is 5.82 Å². The van der Waals surface area contributed by atoms with Crippen LogP contribution in [0.3, 0.4) is 0 Å². The zero-order chi connectivity index (χ0) is 12.5. The number of halogens is 1. The fourth-order valence-corrected chi connectivity index (χ4v) is 2.55. The average Bonchev–Trinajstić information content (AvgIpc) is 3.14. The minimum atomic E-state index is -0.221. The summed E-state index contributed by atoms with van der Waals surface area (Å²) in [5.74, 6) is 7.79. The minimum absolute atomic E-state index is 0.221. The van der Waals surface area contributed by atoms with Gasteiger partial charge in [-0.25, -0.2) is 9.07 Å². The molecule has 0 saturated heterocycles. The highest BCUT2D eigenvalue weighted by atomic mass is 32.2. The summed E-state index contributed by atoms with van der Waals surface area (Å²) >= 11 is 1.51. The van der Waals surface area contributed by atoms with Crippen LogP contribution in [0.15, 0.2) is 29.4 Å². The largest absolute Gasteiger partial charge is 0.336 e. The molecule has 0 atom stereocenters. The van der Waals surface area contributed by atoms with E-state index in [1.165, 1.54) is 23.9 Å². The van der Waals surface area contributed by atoms with Crippen molar-refractivity contribution in [3.63, 3.8) is 0 Å². The highest BCUT2D eigenvalue weighted by Gasteiger charge is 2.29. The van der Waals surface area contributed by atoms with Gasteiger partial charge in [0.2, 0.25) is 5.16 Å². The third-order valence-corrected chi connectivity index (χ3v) is 3.93. The maximum absolute atomic E-state index is 12.8. The van der Waals surface area contributed by atoms with E-state index in [1.54, 1.807) is 16.8 Å². The van der Waals surface area contributed by atoms with Crippen molar-refractivity contribution >= 4 is 11.8 Å². The lowest BCUT2D eigenvalue weighted by atomic mass is 10.2. The molecule has 1 aromatic carbocycles. The third kappa shape index (κ3) is 2.33. The lowest BCUT2D eigenvalue weighted by Gasteiger charge is -2.02. The van der Waals surface area contributed by atoms with Crippen LogP contribution in [0.1, 0.15) is 30.1 Å². The van der Waals surface area contributed by atoms with Crippen LogP contribution in [0, 0.1) is 5.82 Å². The van der Waals surface area contributed by atoms with Crippen molar-refractivity contribution in [1.29, 1.82) is 0 Å². The van der Waals surface area contributed by atoms with Crippen LogP contribution in [-0.4, -0.2) is 14.9 Å². The summed E-state index contributed by atoms with van der Waals surface area (Å²) in [5.41, 5.74) is 1.04. The molecule has 1 aliphatic carbocycles. The van der Waals surface area contributed by atoms with Crippen LogP contribution in [0.4, 0.5) is 4.39 Å². The molecule has 0 radical (unpaired) electrons. The molecule has 0 bridgehead atoms. The predicted molar refractivity (Wildman–Crippen MR) is 68.1 cm³/mol. The van der Waals surface area contributed by atoms with E-state index in [9.17, 15) is 4.39 Å². The summed E-state index contributed by atoms with van der Waals surface area (Å²) in [4.78, 5) is 0. The van der Waals surface area contributed by atoms with Crippen molar-refractivity contribution in [2.75, 3.05) is 5.84 Å². The van der Waals surface area contributed by atoms with Crippen LogP contribution in [0.2, 0.25) is 0 Å². The van der Waals surface area contributed by atoms with Gasteiger partial charge in [-0.1, -0.05) is 23.9 Å². The number of aromatic nitrogens is 3. The molecule has 0 amide bonds. The average molecular weight is 264 g/mol. The van der Waals surface area contributed by atoms with Gasteiger partial charge in [0.1, 0.15) is 5.82 Å². The summed E-state index contributed by atoms with van der Waals surface area (Å²) in [6.45, 7) is 0. The molecule has 94 valence electrons. The highest BCUT2D eigenvalue weighted by molar-refractivity contribution is 7.98. The Hall–Kier alpha value is -1.56. The Bertz CT molecular complexity index is 548. The van der Waals surface area contributed by atoms with Crippen LogP contribution in [-0.2, 0) is 5.75 Å². The van der Waals surface area contributed by atoms with E-state index >= 15 is 0 Å². The van der Waals surface area contributed by atoms with E-state index in [2.05, 4.69) is 10.2 Å². The van der Waals surface area contributed by atoms with Gasteiger partial charge in [0.05, 0.1) is 0 Å². The summed E-state index contributed by atoms with van der Waals surface area (Å²) in [7, 11) is 0. The SMILES string of the molecule is Nn1c(SCc2ccc(F)cc2)nnc1C1CC1. The smallest absolute Gasteiger partial charge is 0.210 e. The number of nitrogen functional groups attached to an aromatic ring is 1. The standard InChI is InChI=1S/C12H13FN4S/c13-10-5-1-8(2-6-10)7-18-12-16-15-11(17(12)14)9-3-4-9/h1-2,5-6,9H,3-4,7,14H2. The van der Waals surface area contributed by atoms with Gasteiger partial charge in [-0.05, 0) is 30.5 Å². The number of hydrogen-bond donors (Lipinski definition) is 1. The fraction of sp³-hybridized carbons (Fsp3) is 0.333. The summed E-state index contributed by atoms with van der Waals surface area (Å²) in [6.07, 6.45) is 2.30. The predicted octanol–water partition coefficient (Wildman–Crippen LogP) is 2.30. The summed E-state index contributed by atoms with van der Waals surface area (Å²) in [6, 6.07) is 6.44. The molecule has 2 aromatic rings. The quantitative estimate of drug-likeness (QED) is 0.680. The fourth-order valence-electron chi connectivity index (χ4n) is 1.74. The lowest BCUT2D eigenvalue weighted by molar-refractivity contribution is 0.627. The molecule has 2 N–H and O–H groups in total. The number of hydrogen-bond acceptors (Lipinski definition) is 4. The molecule has 0 spiro atoms. The van der Waals surface area contributed by atoms with Gasteiger partial charge in [0, 0.05) is 11.7 Å². The Morgan fingerprint density at radius 1 is 1.28 bits per heavy atom. The third-order valence-electron chi connectivity index (χ3n) is 2.91. The second kappa shape index (κ2) is 4.61. The zero-order valence-electron chi connectivity index (χ0n) is 9.71.